The molecule has 0 atom stereocenters. The van der Waals surface area contributed by atoms with Gasteiger partial charge in [-0.2, -0.15) is 5.10 Å². The first kappa shape index (κ1) is 8.71. The van der Waals surface area contributed by atoms with Crippen molar-refractivity contribution in [3.05, 3.63) is 30.0 Å². The summed E-state index contributed by atoms with van der Waals surface area (Å²) in [6.45, 7) is 0. The first-order valence-corrected chi connectivity index (χ1v) is 4.22. The van der Waals surface area contributed by atoms with E-state index in [1.807, 2.05) is 24.3 Å². The highest BCUT2D eigenvalue weighted by Crippen LogP contribution is 2.14. The lowest BCUT2D eigenvalue weighted by atomic mass is 10.1. The Kier molecular flexibility index (Phi) is 2.16. The quantitative estimate of drug-likeness (QED) is 0.356. The van der Waals surface area contributed by atoms with E-state index in [-0.39, 0.29) is 12.3 Å². The third-order valence-electron chi connectivity index (χ3n) is 2.04. The average molecular weight is 190 g/mol. The van der Waals surface area contributed by atoms with Gasteiger partial charge in [0.15, 0.2) is 0 Å². The van der Waals surface area contributed by atoms with E-state index in [0.29, 0.717) is 0 Å². The number of nitrogens with one attached hydrogen (secondary N) is 2. The Morgan fingerprint density at radius 3 is 3.07 bits per heavy atom. The number of H-pyrrole nitrogens is 1. The summed E-state index contributed by atoms with van der Waals surface area (Å²) >= 11 is 0. The fourth-order valence-electron chi connectivity index (χ4n) is 1.36. The highest BCUT2D eigenvalue weighted by molar-refractivity contribution is 5.86. The zero-order valence-electron chi connectivity index (χ0n) is 7.45. The molecule has 72 valence electrons. The third-order valence-corrected chi connectivity index (χ3v) is 2.04. The summed E-state index contributed by atoms with van der Waals surface area (Å²) in [7, 11) is 0. The van der Waals surface area contributed by atoms with Crippen LogP contribution >= 0.6 is 0 Å². The lowest BCUT2D eigenvalue weighted by molar-refractivity contribution is -0.120. The molecule has 0 fully saturated rings. The summed E-state index contributed by atoms with van der Waals surface area (Å²) in [5.74, 6) is 4.76. The topological polar surface area (TPSA) is 83.8 Å². The van der Waals surface area contributed by atoms with E-state index >= 15 is 0 Å². The van der Waals surface area contributed by atoms with Gasteiger partial charge in [-0.15, -0.1) is 0 Å². The summed E-state index contributed by atoms with van der Waals surface area (Å²) in [4.78, 5) is 11.0. The first-order valence-electron chi connectivity index (χ1n) is 4.22. The van der Waals surface area contributed by atoms with E-state index < -0.39 is 0 Å². The van der Waals surface area contributed by atoms with Gasteiger partial charge in [-0.25, -0.2) is 5.84 Å². The molecule has 0 aliphatic heterocycles. The number of hydrogen-bond acceptors (Lipinski definition) is 3. The molecule has 5 heteroatoms. The molecule has 0 unspecified atom stereocenters. The van der Waals surface area contributed by atoms with Crippen molar-refractivity contribution in [2.75, 3.05) is 0 Å². The molecule has 0 radical (unpaired) electrons. The van der Waals surface area contributed by atoms with Crippen LogP contribution in [0.5, 0.6) is 0 Å². The van der Waals surface area contributed by atoms with E-state index in [1.54, 1.807) is 0 Å². The number of para-hydroxylation sites is 1. The van der Waals surface area contributed by atoms with Gasteiger partial charge in [0.05, 0.1) is 17.6 Å². The maximum Gasteiger partial charge on any atom is 0.239 e. The maximum absolute atomic E-state index is 11.0. The second-order valence-corrected chi connectivity index (χ2v) is 2.96. The predicted molar refractivity (Wildman–Crippen MR) is 52.1 cm³/mol. The second-order valence-electron chi connectivity index (χ2n) is 2.96. The van der Waals surface area contributed by atoms with Gasteiger partial charge < -0.3 is 0 Å². The molecule has 0 bridgehead atoms. The van der Waals surface area contributed by atoms with E-state index in [1.165, 1.54) is 0 Å². The molecule has 1 amide bonds. The molecule has 0 spiro atoms. The van der Waals surface area contributed by atoms with Gasteiger partial charge in [-0.05, 0) is 6.07 Å². The number of carbonyl (C=O) groups excluding carboxylic acids is 1. The molecule has 0 saturated heterocycles. The van der Waals surface area contributed by atoms with Crippen LogP contribution in [-0.4, -0.2) is 16.1 Å². The molecule has 0 aliphatic rings. The van der Waals surface area contributed by atoms with E-state index in [4.69, 9.17) is 5.84 Å². The van der Waals surface area contributed by atoms with Gasteiger partial charge in [0.25, 0.3) is 0 Å². The molecule has 1 aromatic heterocycles. The maximum atomic E-state index is 11.0. The Morgan fingerprint density at radius 2 is 2.29 bits per heavy atom. The fraction of sp³-hybridized carbons (Fsp3) is 0.111. The summed E-state index contributed by atoms with van der Waals surface area (Å²) in [5, 5.41) is 7.83. The van der Waals surface area contributed by atoms with Crippen molar-refractivity contribution >= 4 is 16.8 Å². The van der Waals surface area contributed by atoms with Crippen LogP contribution in [0.2, 0.25) is 0 Å². The Labute approximate surface area is 80.3 Å². The van der Waals surface area contributed by atoms with Crippen LogP contribution in [0.1, 0.15) is 5.69 Å². The third kappa shape index (κ3) is 1.45. The summed E-state index contributed by atoms with van der Waals surface area (Å²) in [6.07, 6.45) is 0.219. The molecule has 4 N–H and O–H groups in total. The zero-order valence-corrected chi connectivity index (χ0v) is 7.45. The number of benzene rings is 1. The number of nitrogens with two attached hydrogens (primary N) is 1. The minimum atomic E-state index is -0.237. The normalized spacial score (nSPS) is 10.4. The smallest absolute Gasteiger partial charge is 0.239 e. The van der Waals surface area contributed by atoms with Crippen molar-refractivity contribution < 1.29 is 4.79 Å². The van der Waals surface area contributed by atoms with Crippen LogP contribution in [0, 0.1) is 0 Å². The van der Waals surface area contributed by atoms with Crippen LogP contribution in [0.15, 0.2) is 24.3 Å². The molecule has 1 heterocycles. The van der Waals surface area contributed by atoms with Crippen molar-refractivity contribution in [2.24, 2.45) is 5.84 Å². The molecule has 1 aromatic carbocycles. The number of hydrogen-bond donors (Lipinski definition) is 3. The van der Waals surface area contributed by atoms with Gasteiger partial charge in [0.2, 0.25) is 5.91 Å². The Bertz CT molecular complexity index is 463. The highest BCUT2D eigenvalue weighted by atomic mass is 16.2. The number of hydrazine groups is 1. The molecular weight excluding hydrogens is 180 g/mol. The van der Waals surface area contributed by atoms with Gasteiger partial charge >= 0.3 is 0 Å². The van der Waals surface area contributed by atoms with Crippen LogP contribution in [0.4, 0.5) is 0 Å². The molecule has 0 saturated carbocycles. The molecule has 5 nitrogen and oxygen atoms in total. The molecule has 14 heavy (non-hydrogen) atoms. The molecule has 2 aromatic rings. The predicted octanol–water partition coefficient (Wildman–Crippen LogP) is 0.0953. The SMILES string of the molecule is NNC(=O)Cc1[nH]nc2ccccc12. The van der Waals surface area contributed by atoms with Gasteiger partial charge in [0, 0.05) is 5.39 Å². The van der Waals surface area contributed by atoms with Crippen LogP contribution in [0.25, 0.3) is 10.9 Å². The van der Waals surface area contributed by atoms with Gasteiger partial charge in [-0.1, -0.05) is 18.2 Å². The number of fused-ring (bicyclic) bond motifs is 1. The van der Waals surface area contributed by atoms with Crippen molar-refractivity contribution in [1.82, 2.24) is 15.6 Å². The number of carbonyl (C=O) groups is 1. The minimum Gasteiger partial charge on any atom is -0.294 e. The van der Waals surface area contributed by atoms with Crippen molar-refractivity contribution in [3.63, 3.8) is 0 Å². The Hall–Kier alpha value is -1.88. The molecular formula is C9H10N4O. The summed E-state index contributed by atoms with van der Waals surface area (Å²) in [5.41, 5.74) is 3.72. The lowest BCUT2D eigenvalue weighted by Crippen LogP contribution is -2.31. The Morgan fingerprint density at radius 1 is 1.50 bits per heavy atom. The monoisotopic (exact) mass is 190 g/mol. The number of amides is 1. The molecule has 0 aliphatic carbocycles. The van der Waals surface area contributed by atoms with Crippen LogP contribution < -0.4 is 11.3 Å². The Balaban J connectivity index is 2.38. The van der Waals surface area contributed by atoms with Gasteiger partial charge in [-0.3, -0.25) is 15.3 Å². The second kappa shape index (κ2) is 3.47. The number of nitrogens with zero attached hydrogens (tertiary/aromatic N) is 1. The van der Waals surface area contributed by atoms with E-state index in [2.05, 4.69) is 15.6 Å². The molecule has 2 rings (SSSR count). The summed E-state index contributed by atoms with van der Waals surface area (Å²) in [6, 6.07) is 7.60. The standard InChI is InChI=1S/C9H10N4O/c10-11-9(14)5-8-6-3-1-2-4-7(6)12-13-8/h1-4H,5,10H2,(H,11,14)(H,12,13). The van der Waals surface area contributed by atoms with Crippen molar-refractivity contribution in [2.45, 2.75) is 6.42 Å². The van der Waals surface area contributed by atoms with Crippen LogP contribution in [0.3, 0.4) is 0 Å². The number of rotatable bonds is 2. The van der Waals surface area contributed by atoms with Crippen molar-refractivity contribution in [1.29, 1.82) is 0 Å². The number of aromatic amines is 1. The van der Waals surface area contributed by atoms with E-state index in [0.717, 1.165) is 16.6 Å². The zero-order chi connectivity index (χ0) is 9.97. The summed E-state index contributed by atoms with van der Waals surface area (Å²) < 4.78 is 0. The van der Waals surface area contributed by atoms with E-state index in [9.17, 15) is 4.79 Å². The average Bonchev–Trinajstić information content (AvgIpc) is 2.62. The lowest BCUT2D eigenvalue weighted by Gasteiger charge is -1.96. The minimum absolute atomic E-state index is 0.219. The highest BCUT2D eigenvalue weighted by Gasteiger charge is 2.07. The largest absolute Gasteiger partial charge is 0.294 e. The number of aromatic nitrogens is 2. The van der Waals surface area contributed by atoms with Crippen LogP contribution in [-0.2, 0) is 11.2 Å². The first-order chi connectivity index (χ1) is 6.81. The van der Waals surface area contributed by atoms with Gasteiger partial charge in [0.1, 0.15) is 0 Å². The fourth-order valence-corrected chi connectivity index (χ4v) is 1.36. The van der Waals surface area contributed by atoms with Crippen molar-refractivity contribution in [3.8, 4) is 0 Å².